The number of carboxylic acid groups (broad SMARTS) is 1. The first-order chi connectivity index (χ1) is 16.7. The van der Waals surface area contributed by atoms with E-state index in [-0.39, 0.29) is 28.6 Å². The number of oxazole rings is 1. The van der Waals surface area contributed by atoms with Gasteiger partial charge in [-0.15, -0.1) is 0 Å². The Labute approximate surface area is 199 Å². The van der Waals surface area contributed by atoms with Crippen LogP contribution in [0.4, 0.5) is 45.1 Å². The Morgan fingerprint density at radius 2 is 1.58 bits per heavy atom. The quantitative estimate of drug-likeness (QED) is 0.274. The first-order valence-electron chi connectivity index (χ1n) is 10.0. The number of aliphatic carboxylic acids is 1. The molecule has 14 heteroatoms. The lowest BCUT2D eigenvalue weighted by Gasteiger charge is -2.12. The largest absolute Gasteiger partial charge is 0.490 e. The zero-order chi connectivity index (χ0) is 26.8. The van der Waals surface area contributed by atoms with Crippen molar-refractivity contribution in [2.24, 2.45) is 0 Å². The molecule has 0 spiro atoms. The molecule has 4 rings (SSSR count). The summed E-state index contributed by atoms with van der Waals surface area (Å²) in [5.41, 5.74) is 4.31. The molecule has 190 valence electrons. The standard InChI is InChI=1S/C20H17F2N5O2.C2HF3O2/c1-9-4-12(5-10(2)11(9)3)25-19-23-8-15(22)18(27-19)24-13-6-14(21)17-16(7-13)26-20(28)29-17;3-2(4,5)1(6)7/h4-8H,1-3H3,(H,26,28)(H2,23,24,25,27);(H,6,7). The number of carboxylic acids is 1. The number of aromatic nitrogens is 3. The smallest absolute Gasteiger partial charge is 0.475 e. The summed E-state index contributed by atoms with van der Waals surface area (Å²) in [7, 11) is 0. The molecule has 0 fully saturated rings. The minimum atomic E-state index is -5.08. The van der Waals surface area contributed by atoms with E-state index < -0.39 is 29.5 Å². The monoisotopic (exact) mass is 511 g/mol. The Balaban J connectivity index is 0.000000454. The molecule has 0 aliphatic heterocycles. The number of H-pyrrole nitrogens is 1. The lowest BCUT2D eigenvalue weighted by Crippen LogP contribution is -2.21. The zero-order valence-electron chi connectivity index (χ0n) is 18.8. The highest BCUT2D eigenvalue weighted by atomic mass is 19.4. The van der Waals surface area contributed by atoms with Gasteiger partial charge in [-0.05, 0) is 55.7 Å². The molecule has 2 heterocycles. The molecule has 0 unspecified atom stereocenters. The van der Waals surface area contributed by atoms with Crippen LogP contribution < -0.4 is 16.4 Å². The van der Waals surface area contributed by atoms with E-state index in [2.05, 4.69) is 25.6 Å². The summed E-state index contributed by atoms with van der Waals surface area (Å²) >= 11 is 0. The minimum Gasteiger partial charge on any atom is -0.475 e. The SMILES string of the molecule is Cc1cc(Nc2ncc(F)c(Nc3cc(F)c4oc(=O)[nH]c4c3)n2)cc(C)c1C.O=C(O)C(F)(F)F. The molecule has 0 amide bonds. The van der Waals surface area contributed by atoms with Gasteiger partial charge in [-0.2, -0.15) is 18.2 Å². The third kappa shape index (κ3) is 6.14. The number of hydrogen-bond donors (Lipinski definition) is 4. The molecule has 2 aromatic carbocycles. The van der Waals surface area contributed by atoms with Crippen molar-refractivity contribution in [3.8, 4) is 0 Å². The summed E-state index contributed by atoms with van der Waals surface area (Å²) in [6.07, 6.45) is -4.07. The molecule has 0 bridgehead atoms. The van der Waals surface area contributed by atoms with Crippen LogP contribution in [-0.4, -0.2) is 32.2 Å². The highest BCUT2D eigenvalue weighted by Gasteiger charge is 2.38. The highest BCUT2D eigenvalue weighted by Crippen LogP contribution is 2.26. The van der Waals surface area contributed by atoms with Crippen molar-refractivity contribution in [3.05, 3.63) is 69.3 Å². The Bertz CT molecular complexity index is 1470. The molecule has 0 radical (unpaired) electrons. The van der Waals surface area contributed by atoms with E-state index in [4.69, 9.17) is 14.3 Å². The van der Waals surface area contributed by atoms with E-state index in [9.17, 15) is 26.7 Å². The summed E-state index contributed by atoms with van der Waals surface area (Å²) < 4.78 is 64.8. The number of anilines is 4. The van der Waals surface area contributed by atoms with Crippen LogP contribution in [0.5, 0.6) is 0 Å². The van der Waals surface area contributed by atoms with Crippen molar-refractivity contribution >= 4 is 40.2 Å². The van der Waals surface area contributed by atoms with Gasteiger partial charge in [0.1, 0.15) is 0 Å². The highest BCUT2D eigenvalue weighted by molar-refractivity contribution is 5.79. The number of alkyl halides is 3. The van der Waals surface area contributed by atoms with Crippen molar-refractivity contribution in [3.63, 3.8) is 0 Å². The third-order valence-corrected chi connectivity index (χ3v) is 4.91. The van der Waals surface area contributed by atoms with Gasteiger partial charge < -0.3 is 20.2 Å². The van der Waals surface area contributed by atoms with Gasteiger partial charge in [0.05, 0.1) is 11.7 Å². The summed E-state index contributed by atoms with van der Waals surface area (Å²) in [6, 6.07) is 6.40. The summed E-state index contributed by atoms with van der Waals surface area (Å²) in [5.74, 6) is -4.98. The van der Waals surface area contributed by atoms with Gasteiger partial charge in [0.2, 0.25) is 5.95 Å². The van der Waals surface area contributed by atoms with Crippen LogP contribution in [0, 0.1) is 32.4 Å². The lowest BCUT2D eigenvalue weighted by molar-refractivity contribution is -0.192. The van der Waals surface area contributed by atoms with Gasteiger partial charge in [-0.1, -0.05) is 0 Å². The van der Waals surface area contributed by atoms with Crippen LogP contribution in [0.2, 0.25) is 0 Å². The van der Waals surface area contributed by atoms with E-state index in [0.29, 0.717) is 0 Å². The van der Waals surface area contributed by atoms with Gasteiger partial charge in [-0.3, -0.25) is 4.98 Å². The Morgan fingerprint density at radius 3 is 2.17 bits per heavy atom. The summed E-state index contributed by atoms with van der Waals surface area (Å²) in [6.45, 7) is 6.03. The predicted molar refractivity (Wildman–Crippen MR) is 120 cm³/mol. The van der Waals surface area contributed by atoms with E-state index in [1.54, 1.807) is 0 Å². The van der Waals surface area contributed by atoms with Gasteiger partial charge in [-0.25, -0.2) is 23.4 Å². The van der Waals surface area contributed by atoms with E-state index in [0.717, 1.165) is 29.1 Å². The predicted octanol–water partition coefficient (Wildman–Crippen LogP) is 5.24. The second-order valence-corrected chi connectivity index (χ2v) is 7.53. The van der Waals surface area contributed by atoms with Crippen LogP contribution in [0.3, 0.4) is 0 Å². The molecule has 4 N–H and O–H groups in total. The number of fused-ring (bicyclic) bond motifs is 1. The van der Waals surface area contributed by atoms with E-state index in [1.807, 2.05) is 32.9 Å². The molecule has 0 saturated heterocycles. The number of benzene rings is 2. The first-order valence-corrected chi connectivity index (χ1v) is 10.0. The fraction of sp³-hybridized carbons (Fsp3) is 0.182. The van der Waals surface area contributed by atoms with Crippen LogP contribution >= 0.6 is 0 Å². The molecular formula is C22H18F5N5O4. The lowest BCUT2D eigenvalue weighted by atomic mass is 10.0. The number of aryl methyl sites for hydroxylation is 2. The van der Waals surface area contributed by atoms with Gasteiger partial charge >= 0.3 is 17.9 Å². The number of carbonyl (C=O) groups is 1. The molecule has 0 saturated carbocycles. The summed E-state index contributed by atoms with van der Waals surface area (Å²) in [4.78, 5) is 30.6. The fourth-order valence-electron chi connectivity index (χ4n) is 2.98. The van der Waals surface area contributed by atoms with E-state index in [1.165, 1.54) is 11.6 Å². The minimum absolute atomic E-state index is 0.146. The number of hydrogen-bond acceptors (Lipinski definition) is 7. The maximum atomic E-state index is 14.2. The van der Waals surface area contributed by atoms with Crippen LogP contribution in [-0.2, 0) is 4.79 Å². The molecule has 9 nitrogen and oxygen atoms in total. The van der Waals surface area contributed by atoms with E-state index >= 15 is 0 Å². The molecule has 4 aromatic rings. The molecule has 0 atom stereocenters. The maximum Gasteiger partial charge on any atom is 0.490 e. The van der Waals surface area contributed by atoms with Crippen molar-refractivity contribution < 1.29 is 36.3 Å². The second-order valence-electron chi connectivity index (χ2n) is 7.53. The van der Waals surface area contributed by atoms with Gasteiger partial charge in [0.15, 0.2) is 23.0 Å². The first kappa shape index (κ1) is 26.1. The van der Waals surface area contributed by atoms with Crippen LogP contribution in [0.1, 0.15) is 16.7 Å². The summed E-state index contributed by atoms with van der Waals surface area (Å²) in [5, 5.41) is 12.9. The maximum absolute atomic E-state index is 14.2. The second kappa shape index (κ2) is 10.0. The molecule has 36 heavy (non-hydrogen) atoms. The molecule has 0 aliphatic carbocycles. The van der Waals surface area contributed by atoms with Crippen molar-refractivity contribution in [2.75, 3.05) is 10.6 Å². The van der Waals surface area contributed by atoms with Crippen molar-refractivity contribution in [2.45, 2.75) is 26.9 Å². The Kier molecular flexibility index (Phi) is 7.27. The van der Waals surface area contributed by atoms with Crippen LogP contribution in [0.15, 0.2) is 39.7 Å². The fourth-order valence-corrected chi connectivity index (χ4v) is 2.98. The number of nitrogens with zero attached hydrogens (tertiary/aromatic N) is 2. The number of aromatic amines is 1. The third-order valence-electron chi connectivity index (χ3n) is 4.91. The van der Waals surface area contributed by atoms with Crippen molar-refractivity contribution in [1.82, 2.24) is 15.0 Å². The molecule has 2 aromatic heterocycles. The number of rotatable bonds is 4. The number of halogens is 5. The van der Waals surface area contributed by atoms with Gasteiger partial charge in [0.25, 0.3) is 0 Å². The topological polar surface area (TPSA) is 133 Å². The molecule has 0 aliphatic rings. The van der Waals surface area contributed by atoms with Crippen LogP contribution in [0.25, 0.3) is 11.1 Å². The van der Waals surface area contributed by atoms with Crippen molar-refractivity contribution in [1.29, 1.82) is 0 Å². The normalized spacial score (nSPS) is 11.1. The average Bonchev–Trinajstić information content (AvgIpc) is 3.15. The number of nitrogens with one attached hydrogen (secondary N) is 3. The Hall–Kier alpha value is -4.49. The van der Waals surface area contributed by atoms with Gasteiger partial charge in [0, 0.05) is 17.4 Å². The Morgan fingerprint density at radius 1 is 1.00 bits per heavy atom. The molecular weight excluding hydrogens is 493 g/mol. The average molecular weight is 511 g/mol. The zero-order valence-corrected chi connectivity index (χ0v) is 18.8.